The number of hydrogen-bond acceptors (Lipinski definition) is 4. The van der Waals surface area contributed by atoms with Crippen LogP contribution in [0.4, 0.5) is 5.00 Å². The van der Waals surface area contributed by atoms with E-state index in [9.17, 15) is 9.59 Å². The lowest BCUT2D eigenvalue weighted by Gasteiger charge is -2.18. The van der Waals surface area contributed by atoms with Gasteiger partial charge < -0.3 is 10.1 Å². The van der Waals surface area contributed by atoms with E-state index < -0.39 is 0 Å². The molecular formula is C22H27NO3S. The molecule has 1 aromatic heterocycles. The first-order chi connectivity index (χ1) is 12.9. The van der Waals surface area contributed by atoms with Gasteiger partial charge in [-0.3, -0.25) is 4.79 Å². The summed E-state index contributed by atoms with van der Waals surface area (Å²) in [7, 11) is 0. The second-order valence-corrected chi connectivity index (χ2v) is 8.61. The van der Waals surface area contributed by atoms with Crippen LogP contribution in [-0.2, 0) is 17.6 Å². The maximum absolute atomic E-state index is 12.7. The van der Waals surface area contributed by atoms with Crippen molar-refractivity contribution < 1.29 is 14.3 Å². The van der Waals surface area contributed by atoms with Crippen LogP contribution in [0.1, 0.15) is 76.8 Å². The van der Waals surface area contributed by atoms with Crippen molar-refractivity contribution in [3.05, 3.63) is 51.4 Å². The van der Waals surface area contributed by atoms with Crippen LogP contribution in [0.15, 0.2) is 24.3 Å². The Morgan fingerprint density at radius 1 is 1.26 bits per heavy atom. The highest BCUT2D eigenvalue weighted by molar-refractivity contribution is 7.17. The van der Waals surface area contributed by atoms with Gasteiger partial charge in [-0.05, 0) is 61.3 Å². The first kappa shape index (κ1) is 19.6. The molecule has 27 heavy (non-hydrogen) atoms. The molecule has 0 saturated carbocycles. The van der Waals surface area contributed by atoms with Crippen molar-refractivity contribution in [2.75, 3.05) is 11.9 Å². The second kappa shape index (κ2) is 8.26. The van der Waals surface area contributed by atoms with E-state index in [0.29, 0.717) is 34.6 Å². The van der Waals surface area contributed by atoms with E-state index in [1.54, 1.807) is 6.92 Å². The first-order valence-electron chi connectivity index (χ1n) is 9.63. The largest absolute Gasteiger partial charge is 0.462 e. The minimum atomic E-state index is -0.338. The molecule has 0 saturated heterocycles. The van der Waals surface area contributed by atoms with E-state index in [1.165, 1.54) is 21.8 Å². The molecule has 2 aromatic rings. The number of fused-ring (bicyclic) bond motifs is 1. The third kappa shape index (κ3) is 4.24. The SMILES string of the molecule is CCOC(=O)c1c(NC(=O)c2ccc(C(C)C)cc2)sc2c1CCC(C)C2. The van der Waals surface area contributed by atoms with Crippen molar-refractivity contribution >= 4 is 28.2 Å². The summed E-state index contributed by atoms with van der Waals surface area (Å²) in [6, 6.07) is 7.63. The van der Waals surface area contributed by atoms with E-state index in [1.807, 2.05) is 24.3 Å². The van der Waals surface area contributed by atoms with Gasteiger partial charge in [-0.15, -0.1) is 11.3 Å². The minimum absolute atomic E-state index is 0.192. The van der Waals surface area contributed by atoms with Crippen molar-refractivity contribution in [2.24, 2.45) is 5.92 Å². The number of carbonyl (C=O) groups excluding carboxylic acids is 2. The third-order valence-electron chi connectivity index (χ3n) is 5.06. The van der Waals surface area contributed by atoms with Gasteiger partial charge in [0.1, 0.15) is 5.00 Å². The normalized spacial score (nSPS) is 16.1. The average molecular weight is 386 g/mol. The fourth-order valence-corrected chi connectivity index (χ4v) is 4.85. The second-order valence-electron chi connectivity index (χ2n) is 7.51. The molecule has 1 aliphatic carbocycles. The molecule has 0 spiro atoms. The summed E-state index contributed by atoms with van der Waals surface area (Å²) in [6.07, 6.45) is 2.87. The monoisotopic (exact) mass is 385 g/mol. The molecule has 3 rings (SSSR count). The molecule has 144 valence electrons. The zero-order chi connectivity index (χ0) is 19.6. The molecule has 1 aromatic carbocycles. The minimum Gasteiger partial charge on any atom is -0.462 e. The van der Waals surface area contributed by atoms with E-state index >= 15 is 0 Å². The van der Waals surface area contributed by atoms with Crippen LogP contribution in [0.2, 0.25) is 0 Å². The number of thiophene rings is 1. The molecule has 0 fully saturated rings. The lowest BCUT2D eigenvalue weighted by Crippen LogP contribution is -2.16. The number of nitrogens with one attached hydrogen (secondary N) is 1. The summed E-state index contributed by atoms with van der Waals surface area (Å²) < 4.78 is 5.27. The molecule has 5 heteroatoms. The van der Waals surface area contributed by atoms with Crippen molar-refractivity contribution in [3.63, 3.8) is 0 Å². The number of anilines is 1. The number of amides is 1. The Labute approximate surface area is 164 Å². The highest BCUT2D eigenvalue weighted by atomic mass is 32.1. The van der Waals surface area contributed by atoms with Crippen molar-refractivity contribution in [3.8, 4) is 0 Å². The number of carbonyl (C=O) groups is 2. The first-order valence-corrected chi connectivity index (χ1v) is 10.4. The number of esters is 1. The molecule has 0 bridgehead atoms. The average Bonchev–Trinajstić information content (AvgIpc) is 2.98. The van der Waals surface area contributed by atoms with Crippen LogP contribution >= 0.6 is 11.3 Å². The lowest BCUT2D eigenvalue weighted by atomic mass is 9.88. The Morgan fingerprint density at radius 3 is 2.59 bits per heavy atom. The molecule has 1 aliphatic rings. The fourth-order valence-electron chi connectivity index (χ4n) is 3.45. The summed E-state index contributed by atoms with van der Waals surface area (Å²) in [4.78, 5) is 26.5. The van der Waals surface area contributed by atoms with Crippen LogP contribution in [0.5, 0.6) is 0 Å². The van der Waals surface area contributed by atoms with Crippen molar-refractivity contribution in [1.29, 1.82) is 0 Å². The maximum Gasteiger partial charge on any atom is 0.341 e. The Hall–Kier alpha value is -2.14. The van der Waals surface area contributed by atoms with E-state index in [2.05, 4.69) is 26.1 Å². The molecule has 0 radical (unpaired) electrons. The van der Waals surface area contributed by atoms with Gasteiger partial charge in [0.25, 0.3) is 5.91 Å². The summed E-state index contributed by atoms with van der Waals surface area (Å²) in [6.45, 7) is 8.59. The molecular weight excluding hydrogens is 358 g/mol. The molecule has 0 aliphatic heterocycles. The number of rotatable bonds is 5. The summed E-state index contributed by atoms with van der Waals surface area (Å²) in [5.74, 6) is 0.486. The van der Waals surface area contributed by atoms with Crippen molar-refractivity contribution in [1.82, 2.24) is 0 Å². The Kier molecular flexibility index (Phi) is 6.00. The third-order valence-corrected chi connectivity index (χ3v) is 6.23. The molecule has 4 nitrogen and oxygen atoms in total. The Morgan fingerprint density at radius 2 is 1.96 bits per heavy atom. The number of benzene rings is 1. The molecule has 1 amide bonds. The maximum atomic E-state index is 12.7. The molecule has 1 N–H and O–H groups in total. The van der Waals surface area contributed by atoms with Gasteiger partial charge in [0.05, 0.1) is 12.2 Å². The summed E-state index contributed by atoms with van der Waals surface area (Å²) >= 11 is 1.52. The van der Waals surface area contributed by atoms with Gasteiger partial charge in [0.15, 0.2) is 0 Å². The predicted molar refractivity (Wildman–Crippen MR) is 110 cm³/mol. The number of ether oxygens (including phenoxy) is 1. The highest BCUT2D eigenvalue weighted by Gasteiger charge is 2.29. The molecule has 1 unspecified atom stereocenters. The quantitative estimate of drug-likeness (QED) is 0.699. The smallest absolute Gasteiger partial charge is 0.341 e. The fraction of sp³-hybridized carbons (Fsp3) is 0.455. The zero-order valence-electron chi connectivity index (χ0n) is 16.4. The molecule has 1 heterocycles. The lowest BCUT2D eigenvalue weighted by molar-refractivity contribution is 0.0526. The van der Waals surface area contributed by atoms with Gasteiger partial charge in [-0.25, -0.2) is 4.79 Å². The zero-order valence-corrected chi connectivity index (χ0v) is 17.2. The van der Waals surface area contributed by atoms with Crippen LogP contribution in [0.25, 0.3) is 0 Å². The molecule has 1 atom stereocenters. The van der Waals surface area contributed by atoms with E-state index in [-0.39, 0.29) is 11.9 Å². The van der Waals surface area contributed by atoms with E-state index in [4.69, 9.17) is 4.74 Å². The van der Waals surface area contributed by atoms with Gasteiger partial charge >= 0.3 is 5.97 Å². The predicted octanol–water partition coefficient (Wildman–Crippen LogP) is 5.43. The summed E-state index contributed by atoms with van der Waals surface area (Å²) in [5.41, 5.74) is 3.39. The highest BCUT2D eigenvalue weighted by Crippen LogP contribution is 2.40. The Balaban J connectivity index is 1.89. The van der Waals surface area contributed by atoms with Gasteiger partial charge in [0.2, 0.25) is 0 Å². The van der Waals surface area contributed by atoms with Crippen LogP contribution in [0, 0.1) is 5.92 Å². The number of hydrogen-bond donors (Lipinski definition) is 1. The van der Waals surface area contributed by atoms with E-state index in [0.717, 1.165) is 24.8 Å². The van der Waals surface area contributed by atoms with Crippen molar-refractivity contribution in [2.45, 2.75) is 52.9 Å². The Bertz CT molecular complexity index is 836. The van der Waals surface area contributed by atoms with Gasteiger partial charge in [-0.1, -0.05) is 32.9 Å². The standard InChI is InChI=1S/C22H27NO3S/c1-5-26-22(25)19-17-11-6-14(4)12-18(17)27-21(19)23-20(24)16-9-7-15(8-10-16)13(2)3/h7-10,13-14H,5-6,11-12H2,1-4H3,(H,23,24). The summed E-state index contributed by atoms with van der Waals surface area (Å²) in [5, 5.41) is 3.58. The van der Waals surface area contributed by atoms with Crippen LogP contribution < -0.4 is 5.32 Å². The topological polar surface area (TPSA) is 55.4 Å². The van der Waals surface area contributed by atoms with Crippen LogP contribution in [-0.4, -0.2) is 18.5 Å². The van der Waals surface area contributed by atoms with Gasteiger partial charge in [-0.2, -0.15) is 0 Å². The van der Waals surface area contributed by atoms with Gasteiger partial charge in [0, 0.05) is 10.4 Å². The van der Waals surface area contributed by atoms with Crippen LogP contribution in [0.3, 0.4) is 0 Å².